The fourth-order valence-electron chi connectivity index (χ4n) is 3.19. The maximum Gasteiger partial charge on any atom is 0.416 e. The van der Waals surface area contributed by atoms with E-state index in [0.717, 1.165) is 33.8 Å². The molecule has 0 radical (unpaired) electrons. The summed E-state index contributed by atoms with van der Waals surface area (Å²) in [6, 6.07) is 12.1. The van der Waals surface area contributed by atoms with Crippen LogP contribution in [0, 0.1) is 0 Å². The molecule has 2 aromatic rings. The molecule has 1 nitrogen and oxygen atoms in total. The third kappa shape index (κ3) is 3.25. The van der Waals surface area contributed by atoms with Gasteiger partial charge in [-0.3, -0.25) is 0 Å². The van der Waals surface area contributed by atoms with Crippen LogP contribution in [-0.2, 0) is 11.6 Å². The molecule has 0 saturated carbocycles. The quantitative estimate of drug-likeness (QED) is 0.608. The van der Waals surface area contributed by atoms with Crippen LogP contribution in [-0.4, -0.2) is 0 Å². The van der Waals surface area contributed by atoms with E-state index in [1.165, 1.54) is 6.07 Å². The molecule has 3 rings (SSSR count). The molecule has 0 aromatic heterocycles. The van der Waals surface area contributed by atoms with Crippen molar-refractivity contribution >= 4 is 21.6 Å². The van der Waals surface area contributed by atoms with Gasteiger partial charge >= 0.3 is 6.18 Å². The number of rotatable bonds is 1. The highest BCUT2D eigenvalue weighted by Gasteiger charge is 2.37. The Morgan fingerprint density at radius 1 is 1.13 bits per heavy atom. The Kier molecular flexibility index (Phi) is 3.95. The summed E-state index contributed by atoms with van der Waals surface area (Å²) in [6.07, 6.45) is -3.58. The van der Waals surface area contributed by atoms with E-state index in [1.54, 1.807) is 6.07 Å². The molecule has 5 heteroatoms. The summed E-state index contributed by atoms with van der Waals surface area (Å²) in [5.41, 5.74) is 1.69. The lowest BCUT2D eigenvalue weighted by Gasteiger charge is -2.39. The second kappa shape index (κ2) is 5.55. The van der Waals surface area contributed by atoms with Crippen molar-refractivity contribution < 1.29 is 13.2 Å². The molecule has 1 aliphatic rings. The third-order valence-electron chi connectivity index (χ3n) is 4.37. The molecule has 1 N–H and O–H groups in total. The molecule has 1 heterocycles. The Bertz CT molecular complexity index is 737. The van der Waals surface area contributed by atoms with Gasteiger partial charge in [-0.15, -0.1) is 0 Å². The van der Waals surface area contributed by atoms with Crippen LogP contribution in [0.25, 0.3) is 0 Å². The van der Waals surface area contributed by atoms with Gasteiger partial charge in [0, 0.05) is 10.2 Å². The maximum atomic E-state index is 13.0. The highest BCUT2D eigenvalue weighted by atomic mass is 79.9. The van der Waals surface area contributed by atoms with Crippen LogP contribution in [0.4, 0.5) is 18.9 Å². The summed E-state index contributed by atoms with van der Waals surface area (Å²) in [7, 11) is 0. The first kappa shape index (κ1) is 16.4. The van der Waals surface area contributed by atoms with E-state index in [2.05, 4.69) is 21.2 Å². The molecule has 1 atom stereocenters. The van der Waals surface area contributed by atoms with Crippen LogP contribution < -0.4 is 5.32 Å². The summed E-state index contributed by atoms with van der Waals surface area (Å²) < 4.78 is 39.9. The number of fused-ring (bicyclic) bond motifs is 1. The lowest BCUT2D eigenvalue weighted by atomic mass is 9.73. The number of nitrogens with one attached hydrogen (secondary N) is 1. The molecule has 1 unspecified atom stereocenters. The molecule has 0 spiro atoms. The zero-order valence-corrected chi connectivity index (χ0v) is 14.4. The Hall–Kier alpha value is -1.49. The molecule has 122 valence electrons. The topological polar surface area (TPSA) is 12.0 Å². The van der Waals surface area contributed by atoms with E-state index in [0.29, 0.717) is 0 Å². The number of alkyl halides is 3. The van der Waals surface area contributed by atoms with Crippen molar-refractivity contribution in [2.45, 2.75) is 37.9 Å². The maximum absolute atomic E-state index is 13.0. The number of halogens is 4. The van der Waals surface area contributed by atoms with E-state index >= 15 is 0 Å². The lowest BCUT2D eigenvalue weighted by molar-refractivity contribution is -0.137. The fraction of sp³-hybridized carbons (Fsp3) is 0.333. The van der Waals surface area contributed by atoms with Crippen LogP contribution in [0.1, 0.15) is 43.0 Å². The molecule has 0 aliphatic carbocycles. The fourth-order valence-corrected chi connectivity index (χ4v) is 3.61. The molecular formula is C18H17BrF3N. The Morgan fingerprint density at radius 2 is 1.87 bits per heavy atom. The van der Waals surface area contributed by atoms with E-state index in [9.17, 15) is 13.2 Å². The summed E-state index contributed by atoms with van der Waals surface area (Å²) in [5, 5.41) is 3.39. The van der Waals surface area contributed by atoms with Crippen LogP contribution in [0.2, 0.25) is 0 Å². The van der Waals surface area contributed by atoms with Crippen molar-refractivity contribution in [1.82, 2.24) is 0 Å². The van der Waals surface area contributed by atoms with Gasteiger partial charge in [-0.25, -0.2) is 0 Å². The summed E-state index contributed by atoms with van der Waals surface area (Å²) in [4.78, 5) is 0. The summed E-state index contributed by atoms with van der Waals surface area (Å²) in [6.45, 7) is 4.00. The van der Waals surface area contributed by atoms with E-state index in [-0.39, 0.29) is 11.5 Å². The lowest BCUT2D eigenvalue weighted by Crippen LogP contribution is -2.31. The molecule has 2 aromatic carbocycles. The minimum atomic E-state index is -4.31. The van der Waals surface area contributed by atoms with Gasteiger partial charge < -0.3 is 5.32 Å². The largest absolute Gasteiger partial charge is 0.416 e. The Morgan fingerprint density at radius 3 is 2.52 bits per heavy atom. The zero-order chi connectivity index (χ0) is 16.8. The van der Waals surface area contributed by atoms with Gasteiger partial charge in [0.2, 0.25) is 0 Å². The van der Waals surface area contributed by atoms with Gasteiger partial charge in [-0.1, -0.05) is 41.9 Å². The van der Waals surface area contributed by atoms with Crippen LogP contribution in [0.15, 0.2) is 46.9 Å². The first-order chi connectivity index (χ1) is 10.7. The van der Waals surface area contributed by atoms with Crippen molar-refractivity contribution in [2.24, 2.45) is 0 Å². The van der Waals surface area contributed by atoms with Crippen LogP contribution >= 0.6 is 15.9 Å². The van der Waals surface area contributed by atoms with Gasteiger partial charge in [0.05, 0.1) is 11.6 Å². The smallest absolute Gasteiger partial charge is 0.378 e. The molecule has 0 saturated heterocycles. The Labute approximate surface area is 142 Å². The van der Waals surface area contributed by atoms with Crippen molar-refractivity contribution in [1.29, 1.82) is 0 Å². The van der Waals surface area contributed by atoms with Gasteiger partial charge in [0.25, 0.3) is 0 Å². The summed E-state index contributed by atoms with van der Waals surface area (Å²) >= 11 is 3.47. The molecule has 0 amide bonds. The molecule has 23 heavy (non-hydrogen) atoms. The predicted molar refractivity (Wildman–Crippen MR) is 89.6 cm³/mol. The first-order valence-electron chi connectivity index (χ1n) is 7.40. The standard InChI is InChI=1S/C18H17BrF3N/c1-17(2)10-16(11-4-3-5-13(19)8-11)23-15-7-6-12(9-14(15)17)18(20,21)22/h3-9,16,23H,10H2,1-2H3. The van der Waals surface area contributed by atoms with Crippen molar-refractivity contribution in [3.05, 3.63) is 63.6 Å². The number of hydrogen-bond acceptors (Lipinski definition) is 1. The Balaban J connectivity index is 2.01. The van der Waals surface area contributed by atoms with Crippen LogP contribution in [0.5, 0.6) is 0 Å². The predicted octanol–water partition coefficient (Wildman–Crippen LogP) is 6.30. The normalized spacial score (nSPS) is 19.8. The molecular weight excluding hydrogens is 367 g/mol. The second-order valence-corrected chi connectivity index (χ2v) is 7.51. The van der Waals surface area contributed by atoms with Gasteiger partial charge in [0.1, 0.15) is 0 Å². The van der Waals surface area contributed by atoms with Crippen molar-refractivity contribution in [3.63, 3.8) is 0 Å². The minimum absolute atomic E-state index is 0.0757. The van der Waals surface area contributed by atoms with Gasteiger partial charge in [0.15, 0.2) is 0 Å². The first-order valence-corrected chi connectivity index (χ1v) is 8.20. The van der Waals surface area contributed by atoms with Crippen molar-refractivity contribution in [2.75, 3.05) is 5.32 Å². The van der Waals surface area contributed by atoms with E-state index < -0.39 is 11.7 Å². The molecule has 0 fully saturated rings. The zero-order valence-electron chi connectivity index (χ0n) is 12.8. The SMILES string of the molecule is CC1(C)CC(c2cccc(Br)c2)Nc2ccc(C(F)(F)F)cc21. The average Bonchev–Trinajstić information content (AvgIpc) is 2.45. The highest BCUT2D eigenvalue weighted by Crippen LogP contribution is 2.46. The van der Waals surface area contributed by atoms with E-state index in [4.69, 9.17) is 0 Å². The monoisotopic (exact) mass is 383 g/mol. The van der Waals surface area contributed by atoms with E-state index in [1.807, 2.05) is 38.1 Å². The second-order valence-electron chi connectivity index (χ2n) is 6.60. The van der Waals surface area contributed by atoms with Crippen LogP contribution in [0.3, 0.4) is 0 Å². The average molecular weight is 384 g/mol. The minimum Gasteiger partial charge on any atom is -0.378 e. The molecule has 0 bridgehead atoms. The number of benzene rings is 2. The number of anilines is 1. The third-order valence-corrected chi connectivity index (χ3v) is 4.86. The van der Waals surface area contributed by atoms with Gasteiger partial charge in [-0.2, -0.15) is 13.2 Å². The highest BCUT2D eigenvalue weighted by molar-refractivity contribution is 9.10. The molecule has 1 aliphatic heterocycles. The van der Waals surface area contributed by atoms with Gasteiger partial charge in [-0.05, 0) is 53.3 Å². The van der Waals surface area contributed by atoms with Crippen molar-refractivity contribution in [3.8, 4) is 0 Å². The number of hydrogen-bond donors (Lipinski definition) is 1. The summed E-state index contributed by atoms with van der Waals surface area (Å²) in [5.74, 6) is 0.